The van der Waals surface area contributed by atoms with Gasteiger partial charge in [0.25, 0.3) is 11.6 Å². The van der Waals surface area contributed by atoms with Gasteiger partial charge < -0.3 is 11.1 Å². The lowest BCUT2D eigenvalue weighted by atomic mass is 10.1. The predicted molar refractivity (Wildman–Crippen MR) is 114 cm³/mol. The minimum atomic E-state index is -0.532. The van der Waals surface area contributed by atoms with E-state index in [1.165, 1.54) is 16.7 Å². The van der Waals surface area contributed by atoms with Crippen molar-refractivity contribution in [1.82, 2.24) is 9.55 Å². The molecule has 0 aliphatic carbocycles. The van der Waals surface area contributed by atoms with E-state index in [0.29, 0.717) is 22.5 Å². The Morgan fingerprint density at radius 3 is 2.50 bits per heavy atom. The van der Waals surface area contributed by atoms with Crippen LogP contribution >= 0.6 is 0 Å². The second kappa shape index (κ2) is 7.55. The maximum Gasteiger partial charge on any atom is 0.326 e. The number of para-hydroxylation sites is 3. The van der Waals surface area contributed by atoms with Crippen LogP contribution < -0.4 is 16.7 Å². The molecular formula is C21H17N5O4. The summed E-state index contributed by atoms with van der Waals surface area (Å²) in [6, 6.07) is 18.2. The Kier molecular flexibility index (Phi) is 4.77. The van der Waals surface area contributed by atoms with Crippen molar-refractivity contribution in [3.63, 3.8) is 0 Å². The van der Waals surface area contributed by atoms with Crippen LogP contribution in [0.5, 0.6) is 0 Å². The van der Waals surface area contributed by atoms with Gasteiger partial charge in [-0.25, -0.2) is 4.79 Å². The Morgan fingerprint density at radius 1 is 1.07 bits per heavy atom. The molecule has 0 bridgehead atoms. The third-order valence-electron chi connectivity index (χ3n) is 4.75. The number of benzene rings is 3. The topological polar surface area (TPSA) is 136 Å². The van der Waals surface area contributed by atoms with Crippen molar-refractivity contribution in [1.29, 1.82) is 0 Å². The zero-order chi connectivity index (χ0) is 21.3. The smallest absolute Gasteiger partial charge is 0.326 e. The number of nitrogen functional groups attached to an aromatic ring is 1. The van der Waals surface area contributed by atoms with E-state index in [0.717, 1.165) is 5.56 Å². The number of H-pyrrole nitrogens is 1. The Labute approximate surface area is 169 Å². The Hall–Kier alpha value is -4.40. The highest BCUT2D eigenvalue weighted by Gasteiger charge is 2.17. The third-order valence-corrected chi connectivity index (χ3v) is 4.75. The van der Waals surface area contributed by atoms with Gasteiger partial charge in [0.05, 0.1) is 28.4 Å². The van der Waals surface area contributed by atoms with Gasteiger partial charge in [0.15, 0.2) is 0 Å². The number of amides is 1. The Balaban J connectivity index is 1.57. The fourth-order valence-electron chi connectivity index (χ4n) is 3.22. The number of nitrogens with two attached hydrogens (primary N) is 1. The summed E-state index contributed by atoms with van der Waals surface area (Å²) < 4.78 is 1.42. The van der Waals surface area contributed by atoms with Crippen molar-refractivity contribution in [2.45, 2.75) is 6.54 Å². The highest BCUT2D eigenvalue weighted by Crippen LogP contribution is 2.23. The summed E-state index contributed by atoms with van der Waals surface area (Å²) in [6.07, 6.45) is 0. The molecule has 1 aromatic heterocycles. The molecular weight excluding hydrogens is 386 g/mol. The maximum atomic E-state index is 12.4. The first-order chi connectivity index (χ1) is 14.4. The largest absolute Gasteiger partial charge is 0.397 e. The maximum absolute atomic E-state index is 12.4. The van der Waals surface area contributed by atoms with Crippen LogP contribution in [0.1, 0.15) is 15.9 Å². The number of nitro groups is 1. The summed E-state index contributed by atoms with van der Waals surface area (Å²) in [6.45, 7) is 0.202. The fraction of sp³-hybridized carbons (Fsp3) is 0.0476. The van der Waals surface area contributed by atoms with Crippen LogP contribution in [0, 0.1) is 10.1 Å². The number of aromatic nitrogens is 2. The lowest BCUT2D eigenvalue weighted by Crippen LogP contribution is -2.17. The van der Waals surface area contributed by atoms with E-state index in [1.54, 1.807) is 54.6 Å². The number of hydrogen-bond donors (Lipinski definition) is 3. The van der Waals surface area contributed by atoms with Crippen molar-refractivity contribution < 1.29 is 9.72 Å². The van der Waals surface area contributed by atoms with Crippen LogP contribution in [0.15, 0.2) is 71.5 Å². The molecule has 4 aromatic rings. The van der Waals surface area contributed by atoms with Gasteiger partial charge in [0.1, 0.15) is 5.52 Å². The van der Waals surface area contributed by atoms with E-state index in [2.05, 4.69) is 10.3 Å². The van der Waals surface area contributed by atoms with Crippen LogP contribution in [0.3, 0.4) is 0 Å². The third kappa shape index (κ3) is 3.51. The van der Waals surface area contributed by atoms with E-state index >= 15 is 0 Å². The first-order valence-electron chi connectivity index (χ1n) is 9.05. The summed E-state index contributed by atoms with van der Waals surface area (Å²) in [5.74, 6) is -0.306. The Morgan fingerprint density at radius 2 is 1.80 bits per heavy atom. The number of non-ortho nitro benzene ring substituents is 1. The Bertz CT molecular complexity index is 1320. The van der Waals surface area contributed by atoms with Crippen molar-refractivity contribution in [3.05, 3.63) is 98.5 Å². The molecule has 0 fully saturated rings. The van der Waals surface area contributed by atoms with E-state index in [1.807, 2.05) is 0 Å². The lowest BCUT2D eigenvalue weighted by Gasteiger charge is -2.09. The van der Waals surface area contributed by atoms with Crippen molar-refractivity contribution in [3.8, 4) is 0 Å². The molecule has 0 spiro atoms. The molecule has 9 nitrogen and oxygen atoms in total. The molecule has 4 rings (SSSR count). The first kappa shape index (κ1) is 18.9. The minimum absolute atomic E-state index is 0.157. The molecule has 0 aliphatic heterocycles. The standard InChI is InChI=1S/C21H17N5O4/c22-15-4-1-2-5-16(15)23-20(27)14-10-8-13(9-11-14)12-25-17-6-3-7-18(26(29)30)19(17)24-21(25)28/h1-11H,12,22H2,(H,23,27)(H,24,28). The zero-order valence-corrected chi connectivity index (χ0v) is 15.7. The van der Waals surface area contributed by atoms with Crippen LogP contribution in [-0.4, -0.2) is 20.4 Å². The van der Waals surface area contributed by atoms with Crippen LogP contribution in [0.4, 0.5) is 17.1 Å². The molecule has 1 heterocycles. The van der Waals surface area contributed by atoms with Gasteiger partial charge in [-0.1, -0.05) is 30.3 Å². The number of carbonyl (C=O) groups is 1. The summed E-state index contributed by atoms with van der Waals surface area (Å²) >= 11 is 0. The van der Waals surface area contributed by atoms with Gasteiger partial charge in [0.2, 0.25) is 0 Å². The van der Waals surface area contributed by atoms with Gasteiger partial charge in [-0.05, 0) is 35.9 Å². The molecule has 0 unspecified atom stereocenters. The van der Waals surface area contributed by atoms with Gasteiger partial charge in [-0.15, -0.1) is 0 Å². The predicted octanol–water partition coefficient (Wildman–Crippen LogP) is 3.12. The molecule has 30 heavy (non-hydrogen) atoms. The second-order valence-electron chi connectivity index (χ2n) is 6.68. The average molecular weight is 403 g/mol. The van der Waals surface area contributed by atoms with E-state index in [4.69, 9.17) is 5.73 Å². The number of aromatic amines is 1. The number of fused-ring (bicyclic) bond motifs is 1. The first-order valence-corrected chi connectivity index (χ1v) is 9.05. The SMILES string of the molecule is Nc1ccccc1NC(=O)c1ccc(Cn2c(=O)[nH]c3c([N+](=O)[O-])cccc32)cc1. The van der Waals surface area contributed by atoms with E-state index in [9.17, 15) is 19.7 Å². The normalized spacial score (nSPS) is 10.8. The highest BCUT2D eigenvalue weighted by atomic mass is 16.6. The molecule has 4 N–H and O–H groups in total. The molecule has 0 atom stereocenters. The quantitative estimate of drug-likeness (QED) is 0.267. The van der Waals surface area contributed by atoms with Gasteiger partial charge >= 0.3 is 5.69 Å². The monoisotopic (exact) mass is 403 g/mol. The van der Waals surface area contributed by atoms with Crippen LogP contribution in [0.2, 0.25) is 0 Å². The van der Waals surface area contributed by atoms with Gasteiger partial charge in [0, 0.05) is 11.6 Å². The molecule has 1 amide bonds. The molecule has 0 aliphatic rings. The number of imidazole rings is 1. The van der Waals surface area contributed by atoms with Crippen LogP contribution in [-0.2, 0) is 6.54 Å². The molecule has 0 saturated carbocycles. The van der Waals surface area contributed by atoms with Gasteiger partial charge in [-0.3, -0.25) is 24.5 Å². The summed E-state index contributed by atoms with van der Waals surface area (Å²) in [7, 11) is 0. The minimum Gasteiger partial charge on any atom is -0.397 e. The molecule has 9 heteroatoms. The number of nitro benzene ring substituents is 1. The molecule has 0 radical (unpaired) electrons. The summed E-state index contributed by atoms with van der Waals surface area (Å²) in [4.78, 5) is 38.0. The highest BCUT2D eigenvalue weighted by molar-refractivity contribution is 6.05. The lowest BCUT2D eigenvalue weighted by molar-refractivity contribution is -0.383. The number of carbonyl (C=O) groups excluding carboxylic acids is 1. The van der Waals surface area contributed by atoms with Gasteiger partial charge in [-0.2, -0.15) is 0 Å². The number of nitrogens with one attached hydrogen (secondary N) is 2. The second-order valence-corrected chi connectivity index (χ2v) is 6.68. The average Bonchev–Trinajstić information content (AvgIpc) is 3.05. The van der Waals surface area contributed by atoms with Crippen molar-refractivity contribution in [2.75, 3.05) is 11.1 Å². The number of rotatable bonds is 5. The zero-order valence-electron chi connectivity index (χ0n) is 15.7. The number of hydrogen-bond acceptors (Lipinski definition) is 5. The van der Waals surface area contributed by atoms with E-state index < -0.39 is 10.6 Å². The number of nitrogens with zero attached hydrogens (tertiary/aromatic N) is 2. The fourth-order valence-corrected chi connectivity index (χ4v) is 3.22. The molecule has 3 aromatic carbocycles. The summed E-state index contributed by atoms with van der Waals surface area (Å²) in [5, 5.41) is 13.9. The molecule has 150 valence electrons. The summed E-state index contributed by atoms with van der Waals surface area (Å²) in [5.41, 5.74) is 8.06. The van der Waals surface area contributed by atoms with Crippen molar-refractivity contribution >= 4 is 34.0 Å². The van der Waals surface area contributed by atoms with Crippen LogP contribution in [0.25, 0.3) is 11.0 Å². The van der Waals surface area contributed by atoms with Crippen molar-refractivity contribution in [2.24, 2.45) is 0 Å². The van der Waals surface area contributed by atoms with E-state index in [-0.39, 0.29) is 23.7 Å². The molecule has 0 saturated heterocycles. The number of anilines is 2.